The first-order valence-corrected chi connectivity index (χ1v) is 7.41. The van der Waals surface area contributed by atoms with Crippen LogP contribution in [-0.2, 0) is 6.54 Å². The Balaban J connectivity index is 2.02. The normalized spacial score (nSPS) is 13.4. The van der Waals surface area contributed by atoms with Crippen LogP contribution < -0.4 is 4.74 Å². The third-order valence-electron chi connectivity index (χ3n) is 3.64. The van der Waals surface area contributed by atoms with E-state index in [0.717, 1.165) is 5.75 Å². The molecule has 1 aromatic carbocycles. The van der Waals surface area contributed by atoms with Crippen molar-refractivity contribution >= 4 is 17.8 Å². The summed E-state index contributed by atoms with van der Waals surface area (Å²) < 4.78 is 7.80. The van der Waals surface area contributed by atoms with Gasteiger partial charge in [-0.3, -0.25) is 0 Å². The van der Waals surface area contributed by atoms with Gasteiger partial charge in [0.1, 0.15) is 5.75 Å². The van der Waals surface area contributed by atoms with E-state index >= 15 is 0 Å². The number of oxime groups is 1. The van der Waals surface area contributed by atoms with Crippen molar-refractivity contribution in [2.45, 2.75) is 20.4 Å². The molecular weight excluding hydrogens is 302 g/mol. The average molecular weight is 322 g/mol. The summed E-state index contributed by atoms with van der Waals surface area (Å²) >= 11 is 5.86. The first-order valence-electron chi connectivity index (χ1n) is 7.03. The molecule has 0 aliphatic carbocycles. The Morgan fingerprint density at radius 3 is 2.73 bits per heavy atom. The molecule has 2 rings (SSSR count). The van der Waals surface area contributed by atoms with Gasteiger partial charge in [-0.05, 0) is 24.3 Å². The molecule has 0 aliphatic rings. The molecule has 1 heterocycles. The van der Waals surface area contributed by atoms with Crippen molar-refractivity contribution in [1.82, 2.24) is 9.55 Å². The van der Waals surface area contributed by atoms with Crippen LogP contribution in [0.15, 0.2) is 48.1 Å². The molecule has 118 valence electrons. The molecule has 1 aromatic heterocycles. The largest absolute Gasteiger partial charge is 0.493 e. The molecule has 0 radical (unpaired) electrons. The van der Waals surface area contributed by atoms with Gasteiger partial charge in [0.25, 0.3) is 0 Å². The first kappa shape index (κ1) is 16.4. The van der Waals surface area contributed by atoms with Crippen LogP contribution in [0.5, 0.6) is 5.75 Å². The van der Waals surface area contributed by atoms with Crippen LogP contribution >= 0.6 is 11.6 Å². The van der Waals surface area contributed by atoms with E-state index in [1.54, 1.807) is 30.9 Å². The summed E-state index contributed by atoms with van der Waals surface area (Å²) in [5.41, 5.74) is -0.226. The number of hydrogen-bond donors (Lipinski definition) is 1. The highest BCUT2D eigenvalue weighted by Crippen LogP contribution is 2.29. The highest BCUT2D eigenvalue weighted by atomic mass is 35.5. The maximum absolute atomic E-state index is 8.93. The smallest absolute Gasteiger partial charge is 0.119 e. The molecular formula is C16H20ClN3O2. The lowest BCUT2D eigenvalue weighted by molar-refractivity contribution is 0.134. The Morgan fingerprint density at radius 1 is 1.41 bits per heavy atom. The molecule has 0 bridgehead atoms. The molecule has 0 amide bonds. The summed E-state index contributed by atoms with van der Waals surface area (Å²) in [5.74, 6) is 0.763. The predicted molar refractivity (Wildman–Crippen MR) is 86.7 cm³/mol. The number of halogens is 1. The lowest BCUT2D eigenvalue weighted by atomic mass is 9.80. The SMILES string of the molecule is CC(C)(COc1ccc(Cl)cc1)C(/C=N\O)Cn1ccnc1. The van der Waals surface area contributed by atoms with Crippen molar-refractivity contribution in [3.63, 3.8) is 0 Å². The molecule has 22 heavy (non-hydrogen) atoms. The summed E-state index contributed by atoms with van der Waals surface area (Å²) in [4.78, 5) is 4.03. The standard InChI is InChI=1S/C16H20ClN3O2/c1-16(2,11-22-15-5-3-14(17)4-6-15)13(9-19-21)10-20-8-7-18-12-20/h3-9,12-13,21H,10-11H2,1-2H3/b19-9-. The zero-order valence-corrected chi connectivity index (χ0v) is 13.4. The second kappa shape index (κ2) is 7.31. The van der Waals surface area contributed by atoms with Gasteiger partial charge >= 0.3 is 0 Å². The molecule has 0 aliphatic heterocycles. The second-order valence-electron chi connectivity index (χ2n) is 5.86. The molecule has 1 N–H and O–H groups in total. The maximum atomic E-state index is 8.93. The van der Waals surface area contributed by atoms with Crippen molar-refractivity contribution in [2.75, 3.05) is 6.61 Å². The van der Waals surface area contributed by atoms with Gasteiger partial charge in [0.05, 0.1) is 12.9 Å². The topological polar surface area (TPSA) is 59.6 Å². The molecule has 0 saturated carbocycles. The van der Waals surface area contributed by atoms with Crippen LogP contribution in [-0.4, -0.2) is 27.6 Å². The van der Waals surface area contributed by atoms with Gasteiger partial charge in [-0.25, -0.2) is 4.98 Å². The van der Waals surface area contributed by atoms with Gasteiger partial charge in [-0.15, -0.1) is 5.16 Å². The van der Waals surface area contributed by atoms with E-state index in [1.165, 1.54) is 0 Å². The highest BCUT2D eigenvalue weighted by Gasteiger charge is 2.30. The molecule has 1 atom stereocenters. The van der Waals surface area contributed by atoms with Crippen LogP contribution in [0.3, 0.4) is 0 Å². The fraction of sp³-hybridized carbons (Fsp3) is 0.375. The van der Waals surface area contributed by atoms with Gasteiger partial charge in [-0.1, -0.05) is 25.4 Å². The molecule has 6 heteroatoms. The van der Waals surface area contributed by atoms with Crippen molar-refractivity contribution in [2.24, 2.45) is 16.5 Å². The Hall–Kier alpha value is -2.01. The van der Waals surface area contributed by atoms with Gasteiger partial charge in [0.15, 0.2) is 0 Å². The summed E-state index contributed by atoms with van der Waals surface area (Å²) in [6.07, 6.45) is 6.90. The number of hydrogen-bond acceptors (Lipinski definition) is 4. The second-order valence-corrected chi connectivity index (χ2v) is 6.30. The van der Waals surface area contributed by atoms with Gasteiger partial charge < -0.3 is 14.5 Å². The van der Waals surface area contributed by atoms with E-state index in [9.17, 15) is 0 Å². The number of nitrogens with zero attached hydrogens (tertiary/aromatic N) is 3. The minimum absolute atomic E-state index is 0.000926. The minimum atomic E-state index is -0.226. The van der Waals surface area contributed by atoms with Crippen LogP contribution in [0.25, 0.3) is 0 Å². The Morgan fingerprint density at radius 2 is 2.14 bits per heavy atom. The quantitative estimate of drug-likeness (QED) is 0.480. The maximum Gasteiger partial charge on any atom is 0.119 e. The van der Waals surface area contributed by atoms with Crippen molar-refractivity contribution < 1.29 is 9.94 Å². The zero-order valence-electron chi connectivity index (χ0n) is 12.7. The van der Waals surface area contributed by atoms with Crippen molar-refractivity contribution in [3.05, 3.63) is 48.0 Å². The lowest BCUT2D eigenvalue weighted by Crippen LogP contribution is -2.34. The van der Waals surface area contributed by atoms with Crippen molar-refractivity contribution in [1.29, 1.82) is 0 Å². The van der Waals surface area contributed by atoms with Crippen LogP contribution in [0.4, 0.5) is 0 Å². The van der Waals surface area contributed by atoms with Crippen LogP contribution in [0, 0.1) is 11.3 Å². The van der Waals surface area contributed by atoms with Crippen LogP contribution in [0.1, 0.15) is 13.8 Å². The minimum Gasteiger partial charge on any atom is -0.493 e. The lowest BCUT2D eigenvalue weighted by Gasteiger charge is -2.31. The molecule has 0 fully saturated rings. The van der Waals surface area contributed by atoms with E-state index < -0.39 is 0 Å². The van der Waals surface area contributed by atoms with Crippen LogP contribution in [0.2, 0.25) is 5.02 Å². The third kappa shape index (κ3) is 4.49. The Kier molecular flexibility index (Phi) is 5.44. The van der Waals surface area contributed by atoms with E-state index in [2.05, 4.69) is 24.0 Å². The molecule has 1 unspecified atom stereocenters. The monoisotopic (exact) mass is 321 g/mol. The van der Waals surface area contributed by atoms with Gasteiger partial charge in [0, 0.05) is 41.5 Å². The summed E-state index contributed by atoms with van der Waals surface area (Å²) in [7, 11) is 0. The summed E-state index contributed by atoms with van der Waals surface area (Å²) in [5, 5.41) is 12.8. The van der Waals surface area contributed by atoms with E-state index in [-0.39, 0.29) is 11.3 Å². The van der Waals surface area contributed by atoms with Gasteiger partial charge in [-0.2, -0.15) is 0 Å². The number of benzene rings is 1. The van der Waals surface area contributed by atoms with Gasteiger partial charge in [0.2, 0.25) is 0 Å². The number of imidazole rings is 1. The van der Waals surface area contributed by atoms with E-state index in [4.69, 9.17) is 21.5 Å². The van der Waals surface area contributed by atoms with E-state index in [1.807, 2.05) is 22.9 Å². The predicted octanol–water partition coefficient (Wildman–Crippen LogP) is 3.72. The molecule has 0 saturated heterocycles. The van der Waals surface area contributed by atoms with Crippen molar-refractivity contribution in [3.8, 4) is 5.75 Å². The number of ether oxygens (including phenoxy) is 1. The number of aromatic nitrogens is 2. The highest BCUT2D eigenvalue weighted by molar-refractivity contribution is 6.30. The Labute approximate surface area is 135 Å². The van der Waals surface area contributed by atoms with E-state index in [0.29, 0.717) is 18.2 Å². The molecule has 5 nitrogen and oxygen atoms in total. The Bertz CT molecular complexity index is 594. The fourth-order valence-electron chi connectivity index (χ4n) is 2.11. The fourth-order valence-corrected chi connectivity index (χ4v) is 2.23. The first-order chi connectivity index (χ1) is 10.5. The summed E-state index contributed by atoms with van der Waals surface area (Å²) in [6.45, 7) is 5.31. The summed E-state index contributed by atoms with van der Waals surface area (Å²) in [6, 6.07) is 7.26. The average Bonchev–Trinajstić information content (AvgIpc) is 2.99. The molecule has 2 aromatic rings. The molecule has 0 spiro atoms. The third-order valence-corrected chi connectivity index (χ3v) is 3.89. The number of rotatable bonds is 7. The zero-order chi connectivity index (χ0) is 16.0.